The van der Waals surface area contributed by atoms with Crippen LogP contribution in [0.4, 0.5) is 0 Å². The summed E-state index contributed by atoms with van der Waals surface area (Å²) in [6, 6.07) is 0. The summed E-state index contributed by atoms with van der Waals surface area (Å²) in [7, 11) is 0. The van der Waals surface area contributed by atoms with Gasteiger partial charge in [0.25, 0.3) is 0 Å². The zero-order chi connectivity index (χ0) is 12.1. The van der Waals surface area contributed by atoms with Gasteiger partial charge in [0.2, 0.25) is 5.91 Å². The van der Waals surface area contributed by atoms with E-state index in [-0.39, 0.29) is 5.91 Å². The van der Waals surface area contributed by atoms with Gasteiger partial charge in [0.15, 0.2) is 0 Å². The minimum atomic E-state index is 0.175. The Hall–Kier alpha value is 0.110. The summed E-state index contributed by atoms with van der Waals surface area (Å²) in [6.45, 7) is 0.832. The minimum Gasteiger partial charge on any atom is -0.356 e. The first-order chi connectivity index (χ1) is 7.81. The van der Waals surface area contributed by atoms with Gasteiger partial charge in [-0.15, -0.1) is 11.6 Å². The molecule has 0 aliphatic carbocycles. The normalized spacial score (nSPS) is 10.4. The third kappa shape index (κ3) is 12.2. The number of unbranched alkanes of at least 4 members (excludes halogenated alkanes) is 4. The second-order valence-electron chi connectivity index (χ2n) is 3.90. The van der Waals surface area contributed by atoms with Crippen LogP contribution in [-0.4, -0.2) is 30.3 Å². The average Bonchev–Trinajstić information content (AvgIpc) is 2.28. The number of alkyl halides is 1. The quantitative estimate of drug-likeness (QED) is 0.458. The molecule has 16 heavy (non-hydrogen) atoms. The first-order valence-corrected chi connectivity index (χ1v) is 8.05. The Morgan fingerprint density at radius 3 is 2.56 bits per heavy atom. The number of thioether (sulfide) groups is 1. The SMILES string of the molecule is CSCCCCCCNC(=O)CCCCCl. The van der Waals surface area contributed by atoms with E-state index in [1.807, 2.05) is 11.8 Å². The van der Waals surface area contributed by atoms with E-state index in [2.05, 4.69) is 11.6 Å². The smallest absolute Gasteiger partial charge is 0.219 e. The van der Waals surface area contributed by atoms with E-state index in [0.29, 0.717) is 12.3 Å². The van der Waals surface area contributed by atoms with Gasteiger partial charge in [0.1, 0.15) is 0 Å². The highest BCUT2D eigenvalue weighted by molar-refractivity contribution is 7.98. The van der Waals surface area contributed by atoms with E-state index in [4.69, 9.17) is 11.6 Å². The monoisotopic (exact) mass is 265 g/mol. The predicted molar refractivity (Wildman–Crippen MR) is 74.4 cm³/mol. The number of nitrogens with one attached hydrogen (secondary N) is 1. The van der Waals surface area contributed by atoms with Gasteiger partial charge in [-0.05, 0) is 37.7 Å². The molecule has 4 heteroatoms. The lowest BCUT2D eigenvalue weighted by Gasteiger charge is -2.04. The van der Waals surface area contributed by atoms with Crippen molar-refractivity contribution in [2.24, 2.45) is 0 Å². The maximum Gasteiger partial charge on any atom is 0.219 e. The molecule has 1 N–H and O–H groups in total. The fraction of sp³-hybridized carbons (Fsp3) is 0.917. The molecule has 0 aromatic rings. The van der Waals surface area contributed by atoms with E-state index in [1.54, 1.807) is 0 Å². The number of hydrogen-bond acceptors (Lipinski definition) is 2. The Bertz CT molecular complexity index is 167. The van der Waals surface area contributed by atoms with Crippen molar-refractivity contribution in [1.82, 2.24) is 5.32 Å². The second-order valence-corrected chi connectivity index (χ2v) is 5.27. The van der Waals surface area contributed by atoms with Crippen LogP contribution in [-0.2, 0) is 4.79 Å². The number of amides is 1. The van der Waals surface area contributed by atoms with Crippen LogP contribution in [0.15, 0.2) is 0 Å². The first-order valence-electron chi connectivity index (χ1n) is 6.13. The molecule has 0 aliphatic heterocycles. The molecule has 0 heterocycles. The molecule has 0 saturated carbocycles. The molecule has 1 amide bonds. The van der Waals surface area contributed by atoms with E-state index in [9.17, 15) is 4.79 Å². The van der Waals surface area contributed by atoms with E-state index < -0.39 is 0 Å². The molecule has 0 saturated heterocycles. The van der Waals surface area contributed by atoms with Gasteiger partial charge in [-0.1, -0.05) is 12.8 Å². The summed E-state index contributed by atoms with van der Waals surface area (Å²) in [5, 5.41) is 2.95. The molecule has 0 fully saturated rings. The molecular formula is C12H24ClNOS. The van der Waals surface area contributed by atoms with Gasteiger partial charge < -0.3 is 5.32 Å². The Morgan fingerprint density at radius 2 is 1.88 bits per heavy atom. The van der Waals surface area contributed by atoms with Crippen molar-refractivity contribution in [3.8, 4) is 0 Å². The van der Waals surface area contributed by atoms with Crippen LogP contribution in [0.25, 0.3) is 0 Å². The minimum absolute atomic E-state index is 0.175. The third-order valence-corrected chi connectivity index (χ3v) is 3.35. The van der Waals surface area contributed by atoms with Crippen molar-refractivity contribution in [2.75, 3.05) is 24.4 Å². The molecule has 0 radical (unpaired) electrons. The van der Waals surface area contributed by atoms with Gasteiger partial charge >= 0.3 is 0 Å². The zero-order valence-corrected chi connectivity index (χ0v) is 11.8. The number of carbonyl (C=O) groups excluding carboxylic acids is 1. The van der Waals surface area contributed by atoms with Crippen molar-refractivity contribution >= 4 is 29.3 Å². The number of carbonyl (C=O) groups is 1. The topological polar surface area (TPSA) is 29.1 Å². The van der Waals surface area contributed by atoms with Gasteiger partial charge in [-0.25, -0.2) is 0 Å². The van der Waals surface area contributed by atoms with Crippen LogP contribution in [0.5, 0.6) is 0 Å². The molecular weight excluding hydrogens is 242 g/mol. The zero-order valence-electron chi connectivity index (χ0n) is 10.3. The van der Waals surface area contributed by atoms with Crippen molar-refractivity contribution < 1.29 is 4.79 Å². The van der Waals surface area contributed by atoms with Crippen LogP contribution >= 0.6 is 23.4 Å². The Balaban J connectivity index is 3.09. The second kappa shape index (κ2) is 13.2. The number of hydrogen-bond donors (Lipinski definition) is 1. The Kier molecular flexibility index (Phi) is 13.3. The molecule has 0 aliphatic rings. The highest BCUT2D eigenvalue weighted by Gasteiger charge is 1.99. The molecule has 2 nitrogen and oxygen atoms in total. The largest absolute Gasteiger partial charge is 0.356 e. The summed E-state index contributed by atoms with van der Waals surface area (Å²) in [4.78, 5) is 11.3. The van der Waals surface area contributed by atoms with Crippen LogP contribution in [0.1, 0.15) is 44.9 Å². The third-order valence-electron chi connectivity index (χ3n) is 2.38. The number of rotatable bonds is 11. The van der Waals surface area contributed by atoms with Crippen molar-refractivity contribution in [1.29, 1.82) is 0 Å². The maximum absolute atomic E-state index is 11.3. The summed E-state index contributed by atoms with van der Waals surface area (Å²) in [6.07, 6.45) is 9.51. The number of halogens is 1. The Labute approximate surface area is 109 Å². The van der Waals surface area contributed by atoms with Gasteiger partial charge in [-0.2, -0.15) is 11.8 Å². The van der Waals surface area contributed by atoms with Crippen LogP contribution in [0, 0.1) is 0 Å². The predicted octanol–water partition coefficient (Wildman–Crippen LogP) is 3.44. The molecule has 0 rings (SSSR count). The average molecular weight is 266 g/mol. The van der Waals surface area contributed by atoms with E-state index in [1.165, 1.54) is 25.0 Å². The summed E-state index contributed by atoms with van der Waals surface area (Å²) in [5.74, 6) is 2.09. The lowest BCUT2D eigenvalue weighted by Crippen LogP contribution is -2.23. The molecule has 96 valence electrons. The fourth-order valence-corrected chi connectivity index (χ4v) is 2.10. The lowest BCUT2D eigenvalue weighted by molar-refractivity contribution is -0.121. The van der Waals surface area contributed by atoms with Crippen molar-refractivity contribution in [3.05, 3.63) is 0 Å². The molecule has 0 unspecified atom stereocenters. The molecule has 0 aromatic carbocycles. The molecule has 0 atom stereocenters. The maximum atomic E-state index is 11.3. The summed E-state index contributed by atoms with van der Waals surface area (Å²) >= 11 is 7.44. The molecule has 0 bridgehead atoms. The van der Waals surface area contributed by atoms with Crippen molar-refractivity contribution in [3.63, 3.8) is 0 Å². The van der Waals surface area contributed by atoms with Gasteiger partial charge in [-0.3, -0.25) is 4.79 Å². The summed E-state index contributed by atoms with van der Waals surface area (Å²) < 4.78 is 0. The van der Waals surface area contributed by atoms with E-state index in [0.717, 1.165) is 25.8 Å². The van der Waals surface area contributed by atoms with E-state index >= 15 is 0 Å². The highest BCUT2D eigenvalue weighted by atomic mass is 35.5. The van der Waals surface area contributed by atoms with Crippen LogP contribution < -0.4 is 5.32 Å². The molecule has 0 aromatic heterocycles. The van der Waals surface area contributed by atoms with Crippen LogP contribution in [0.3, 0.4) is 0 Å². The highest BCUT2D eigenvalue weighted by Crippen LogP contribution is 2.04. The van der Waals surface area contributed by atoms with Gasteiger partial charge in [0.05, 0.1) is 0 Å². The lowest BCUT2D eigenvalue weighted by atomic mass is 10.2. The Morgan fingerprint density at radius 1 is 1.12 bits per heavy atom. The van der Waals surface area contributed by atoms with Crippen molar-refractivity contribution in [2.45, 2.75) is 44.9 Å². The fourth-order valence-electron chi connectivity index (χ4n) is 1.42. The standard InChI is InChI=1S/C12H24ClNOS/c1-16-11-7-3-2-6-10-14-12(15)8-4-5-9-13/h2-11H2,1H3,(H,14,15). The first kappa shape index (κ1) is 16.1. The summed E-state index contributed by atoms with van der Waals surface area (Å²) in [5.41, 5.74) is 0. The molecule has 0 spiro atoms. The van der Waals surface area contributed by atoms with Gasteiger partial charge in [0, 0.05) is 18.8 Å². The van der Waals surface area contributed by atoms with Crippen LogP contribution in [0.2, 0.25) is 0 Å².